The fourth-order valence-corrected chi connectivity index (χ4v) is 2.00. The Kier molecular flexibility index (Phi) is 3.79. The molecule has 0 bridgehead atoms. The lowest BCUT2D eigenvalue weighted by atomic mass is 10.4. The Balaban J connectivity index is 2.62. The summed E-state index contributed by atoms with van der Waals surface area (Å²) in [6.07, 6.45) is 2.15. The molecule has 0 N–H and O–H groups in total. The van der Waals surface area contributed by atoms with Crippen LogP contribution in [0, 0.1) is 0 Å². The summed E-state index contributed by atoms with van der Waals surface area (Å²) in [4.78, 5) is 40.0. The number of carbonyl (C=O) groups excluding carboxylic acids is 1. The Morgan fingerprint density at radius 3 is 2.52 bits per heavy atom. The average molecular weight is 292 g/mol. The maximum atomic E-state index is 12.1. The van der Waals surface area contributed by atoms with Crippen molar-refractivity contribution in [2.75, 3.05) is 6.61 Å². The van der Waals surface area contributed by atoms with Gasteiger partial charge in [0.2, 0.25) is 5.82 Å². The average Bonchev–Trinajstić information content (AvgIpc) is 2.81. The number of carbonyl (C=O) groups is 1. The van der Waals surface area contributed by atoms with E-state index in [-0.39, 0.29) is 23.6 Å². The monoisotopic (exact) mass is 292 g/mol. The quantitative estimate of drug-likeness (QED) is 0.439. The molecule has 0 amide bonds. The molecular weight excluding hydrogens is 276 g/mol. The van der Waals surface area contributed by atoms with Crippen molar-refractivity contribution in [1.29, 1.82) is 0 Å². The zero-order valence-corrected chi connectivity index (χ0v) is 12.1. The number of imidazole rings is 1. The van der Waals surface area contributed by atoms with Gasteiger partial charge < -0.3 is 9.30 Å². The van der Waals surface area contributed by atoms with E-state index in [2.05, 4.69) is 11.6 Å². The second kappa shape index (κ2) is 5.39. The molecule has 21 heavy (non-hydrogen) atoms. The van der Waals surface area contributed by atoms with E-state index >= 15 is 0 Å². The fraction of sp³-hybridized carbons (Fsp3) is 0.385. The predicted molar refractivity (Wildman–Crippen MR) is 76.3 cm³/mol. The van der Waals surface area contributed by atoms with Gasteiger partial charge in [-0.15, -0.1) is 6.58 Å². The van der Waals surface area contributed by atoms with Crippen LogP contribution in [0.15, 0.2) is 22.2 Å². The van der Waals surface area contributed by atoms with Crippen molar-refractivity contribution in [2.45, 2.75) is 6.42 Å². The molecule has 0 radical (unpaired) electrons. The van der Waals surface area contributed by atoms with Crippen molar-refractivity contribution in [3.63, 3.8) is 0 Å². The van der Waals surface area contributed by atoms with Crippen molar-refractivity contribution < 1.29 is 9.53 Å². The van der Waals surface area contributed by atoms with Gasteiger partial charge in [-0.25, -0.2) is 14.6 Å². The number of aryl methyl sites for hydroxylation is 2. The summed E-state index contributed by atoms with van der Waals surface area (Å²) < 4.78 is 8.56. The molecule has 0 aliphatic rings. The van der Waals surface area contributed by atoms with Crippen LogP contribution in [0.4, 0.5) is 0 Å². The molecule has 8 nitrogen and oxygen atoms in total. The van der Waals surface area contributed by atoms with Crippen LogP contribution in [0.25, 0.3) is 11.2 Å². The minimum Gasteiger partial charge on any atom is -0.460 e. The lowest BCUT2D eigenvalue weighted by molar-refractivity contribution is 0.0494. The van der Waals surface area contributed by atoms with Gasteiger partial charge in [-0.1, -0.05) is 6.08 Å². The highest BCUT2D eigenvalue weighted by molar-refractivity contribution is 5.90. The summed E-state index contributed by atoms with van der Waals surface area (Å²) in [6.45, 7) is 3.71. The second-order valence-electron chi connectivity index (χ2n) is 4.59. The topological polar surface area (TPSA) is 88.1 Å². The third-order valence-electron chi connectivity index (χ3n) is 3.21. The second-order valence-corrected chi connectivity index (χ2v) is 4.59. The van der Waals surface area contributed by atoms with Crippen LogP contribution < -0.4 is 11.2 Å². The molecular formula is C13H16N4O4. The lowest BCUT2D eigenvalue weighted by Crippen LogP contribution is -2.37. The number of hydrogen-bond donors (Lipinski definition) is 0. The summed E-state index contributed by atoms with van der Waals surface area (Å²) in [7, 11) is 4.40. The largest absolute Gasteiger partial charge is 0.460 e. The highest BCUT2D eigenvalue weighted by Gasteiger charge is 2.21. The zero-order chi connectivity index (χ0) is 15.7. The maximum absolute atomic E-state index is 12.1. The number of ether oxygens (including phenoxy) is 1. The zero-order valence-electron chi connectivity index (χ0n) is 12.1. The van der Waals surface area contributed by atoms with Crippen LogP contribution in [0.2, 0.25) is 0 Å². The van der Waals surface area contributed by atoms with E-state index in [4.69, 9.17) is 4.74 Å². The molecule has 2 aromatic rings. The van der Waals surface area contributed by atoms with Gasteiger partial charge in [-0.05, 0) is 6.42 Å². The molecule has 0 unspecified atom stereocenters. The summed E-state index contributed by atoms with van der Waals surface area (Å²) in [5.41, 5.74) is -0.679. The molecule has 112 valence electrons. The van der Waals surface area contributed by atoms with Crippen LogP contribution in [-0.4, -0.2) is 31.3 Å². The number of fused-ring (bicyclic) bond motifs is 1. The van der Waals surface area contributed by atoms with E-state index in [0.717, 1.165) is 4.57 Å². The number of nitrogens with zero attached hydrogens (tertiary/aromatic N) is 4. The van der Waals surface area contributed by atoms with Crippen LogP contribution in [0.3, 0.4) is 0 Å². The lowest BCUT2D eigenvalue weighted by Gasteiger charge is -2.04. The van der Waals surface area contributed by atoms with Crippen LogP contribution in [-0.2, 0) is 25.9 Å². The van der Waals surface area contributed by atoms with Gasteiger partial charge in [0.05, 0.1) is 6.61 Å². The molecule has 0 aliphatic carbocycles. The van der Waals surface area contributed by atoms with Gasteiger partial charge in [-0.3, -0.25) is 13.9 Å². The van der Waals surface area contributed by atoms with E-state index in [9.17, 15) is 14.4 Å². The molecule has 8 heteroatoms. The van der Waals surface area contributed by atoms with Gasteiger partial charge in [0, 0.05) is 21.1 Å². The van der Waals surface area contributed by atoms with Crippen molar-refractivity contribution in [2.24, 2.45) is 21.1 Å². The van der Waals surface area contributed by atoms with Gasteiger partial charge in [0.25, 0.3) is 5.56 Å². The van der Waals surface area contributed by atoms with Gasteiger partial charge in [0.15, 0.2) is 11.2 Å². The van der Waals surface area contributed by atoms with E-state index in [1.807, 2.05) is 0 Å². The minimum absolute atomic E-state index is 0.0210. The molecule has 2 heterocycles. The molecule has 2 rings (SSSR count). The molecule has 0 spiro atoms. The molecule has 0 aromatic carbocycles. The standard InChI is InChI=1S/C13H16N4O4/c1-5-6-7-21-12(19)10-14-9-8(15(10)2)11(18)17(4)13(20)16(9)3/h5H,1,6-7H2,2-4H3. The van der Waals surface area contributed by atoms with E-state index in [1.165, 1.54) is 30.3 Å². The molecule has 0 saturated heterocycles. The Hall–Kier alpha value is -2.64. The Labute approximate surface area is 119 Å². The molecule has 0 saturated carbocycles. The SMILES string of the molecule is C=CCCOC(=O)c1nc2c(c(=O)n(C)c(=O)n2C)n1C. The number of esters is 1. The Bertz CT molecular complexity index is 840. The van der Waals surface area contributed by atoms with Crippen LogP contribution in [0.1, 0.15) is 17.0 Å². The summed E-state index contributed by atoms with van der Waals surface area (Å²) in [5.74, 6) is -0.669. The van der Waals surface area contributed by atoms with Crippen molar-refractivity contribution in [1.82, 2.24) is 18.7 Å². The first-order valence-electron chi connectivity index (χ1n) is 6.30. The van der Waals surface area contributed by atoms with Crippen LogP contribution >= 0.6 is 0 Å². The third-order valence-corrected chi connectivity index (χ3v) is 3.21. The number of hydrogen-bond acceptors (Lipinski definition) is 5. The first-order valence-corrected chi connectivity index (χ1v) is 6.30. The predicted octanol–water partition coefficient (Wildman–Crippen LogP) is -0.296. The van der Waals surface area contributed by atoms with E-state index in [0.29, 0.717) is 6.42 Å². The molecule has 0 fully saturated rings. The minimum atomic E-state index is -0.648. The van der Waals surface area contributed by atoms with Crippen molar-refractivity contribution >= 4 is 17.1 Å². The molecule has 2 aromatic heterocycles. The normalized spacial score (nSPS) is 10.8. The molecule has 0 aliphatic heterocycles. The number of rotatable bonds is 4. The van der Waals surface area contributed by atoms with Crippen molar-refractivity contribution in [3.8, 4) is 0 Å². The Morgan fingerprint density at radius 2 is 1.90 bits per heavy atom. The van der Waals surface area contributed by atoms with E-state index < -0.39 is 17.2 Å². The first-order chi connectivity index (χ1) is 9.90. The smallest absolute Gasteiger partial charge is 0.374 e. The van der Waals surface area contributed by atoms with Crippen LogP contribution in [0.5, 0.6) is 0 Å². The maximum Gasteiger partial charge on any atom is 0.374 e. The number of aromatic nitrogens is 4. The van der Waals surface area contributed by atoms with E-state index in [1.54, 1.807) is 6.08 Å². The van der Waals surface area contributed by atoms with Gasteiger partial charge in [-0.2, -0.15) is 0 Å². The molecule has 0 atom stereocenters. The summed E-state index contributed by atoms with van der Waals surface area (Å²) in [5, 5.41) is 0. The summed E-state index contributed by atoms with van der Waals surface area (Å²) >= 11 is 0. The van der Waals surface area contributed by atoms with Gasteiger partial charge >= 0.3 is 11.7 Å². The highest BCUT2D eigenvalue weighted by atomic mass is 16.5. The summed E-state index contributed by atoms with van der Waals surface area (Å²) in [6, 6.07) is 0. The Morgan fingerprint density at radius 1 is 1.24 bits per heavy atom. The fourth-order valence-electron chi connectivity index (χ4n) is 2.00. The third kappa shape index (κ3) is 2.28. The first kappa shape index (κ1) is 14.8. The highest BCUT2D eigenvalue weighted by Crippen LogP contribution is 2.10. The van der Waals surface area contributed by atoms with Gasteiger partial charge in [0.1, 0.15) is 0 Å². The van der Waals surface area contributed by atoms with Crippen molar-refractivity contribution in [3.05, 3.63) is 39.3 Å².